The third-order valence-electron chi connectivity index (χ3n) is 6.05. The molecule has 1 N–H and O–H groups in total. The molecule has 9 heteroatoms. The fraction of sp³-hybridized carbons (Fsp3) is 0.310. The van der Waals surface area contributed by atoms with Gasteiger partial charge in [-0.25, -0.2) is 8.42 Å². The molecule has 0 spiro atoms. The second kappa shape index (κ2) is 12.9. The lowest BCUT2D eigenvalue weighted by atomic mass is 10.1. The van der Waals surface area contributed by atoms with Crippen molar-refractivity contribution in [3.05, 3.63) is 95.0 Å². The normalized spacial score (nSPS) is 12.2. The maximum Gasteiger partial charge on any atom is 0.264 e. The molecule has 0 saturated carbocycles. The monoisotopic (exact) mass is 555 g/mol. The number of amides is 2. The van der Waals surface area contributed by atoms with Gasteiger partial charge in [-0.2, -0.15) is 0 Å². The summed E-state index contributed by atoms with van der Waals surface area (Å²) < 4.78 is 28.5. The van der Waals surface area contributed by atoms with Gasteiger partial charge < -0.3 is 10.2 Å². The average Bonchev–Trinajstić information content (AvgIpc) is 2.90. The first-order valence-corrected chi connectivity index (χ1v) is 14.3. The summed E-state index contributed by atoms with van der Waals surface area (Å²) in [5.74, 6) is -0.560. The predicted octanol–water partition coefficient (Wildman–Crippen LogP) is 5.03. The fourth-order valence-corrected chi connectivity index (χ4v) is 5.32. The van der Waals surface area contributed by atoms with Gasteiger partial charge in [-0.05, 0) is 61.7 Å². The van der Waals surface area contributed by atoms with Crippen molar-refractivity contribution < 1.29 is 18.0 Å². The number of nitrogens with one attached hydrogen (secondary N) is 1. The van der Waals surface area contributed by atoms with Gasteiger partial charge in [-0.3, -0.25) is 13.9 Å². The van der Waals surface area contributed by atoms with Gasteiger partial charge >= 0.3 is 0 Å². The number of benzene rings is 3. The number of carbonyl (C=O) groups excluding carboxylic acids is 2. The first-order chi connectivity index (χ1) is 18.0. The SMILES string of the molecule is Cc1ccc(CN(C(=O)CN(c2ccccc2)S(=O)(=O)c2ccc(Cl)cc2)C(C)C(=O)NCC(C)C)cc1. The molecule has 7 nitrogen and oxygen atoms in total. The van der Waals surface area contributed by atoms with E-state index in [1.807, 2.05) is 45.0 Å². The second-order valence-electron chi connectivity index (χ2n) is 9.62. The van der Waals surface area contributed by atoms with E-state index in [0.717, 1.165) is 15.4 Å². The van der Waals surface area contributed by atoms with E-state index >= 15 is 0 Å². The molecular weight excluding hydrogens is 522 g/mol. The van der Waals surface area contributed by atoms with Crippen LogP contribution in [0.3, 0.4) is 0 Å². The molecule has 2 amide bonds. The Morgan fingerprint density at radius 2 is 1.50 bits per heavy atom. The Morgan fingerprint density at radius 3 is 2.08 bits per heavy atom. The van der Waals surface area contributed by atoms with E-state index in [1.54, 1.807) is 37.3 Å². The van der Waals surface area contributed by atoms with Crippen molar-refractivity contribution in [2.24, 2.45) is 5.92 Å². The number of aryl methyl sites for hydroxylation is 1. The Kier molecular flexibility index (Phi) is 9.94. The molecule has 0 aromatic heterocycles. The lowest BCUT2D eigenvalue weighted by molar-refractivity contribution is -0.139. The molecule has 0 bridgehead atoms. The first kappa shape index (κ1) is 29.2. The van der Waals surface area contributed by atoms with Gasteiger partial charge in [0.1, 0.15) is 12.6 Å². The van der Waals surface area contributed by atoms with Crippen LogP contribution in [0.5, 0.6) is 0 Å². The number of carbonyl (C=O) groups is 2. The molecule has 38 heavy (non-hydrogen) atoms. The summed E-state index contributed by atoms with van der Waals surface area (Å²) in [5, 5.41) is 3.28. The van der Waals surface area contributed by atoms with Crippen molar-refractivity contribution in [3.63, 3.8) is 0 Å². The number of sulfonamides is 1. The molecule has 0 heterocycles. The highest BCUT2D eigenvalue weighted by atomic mass is 35.5. The van der Waals surface area contributed by atoms with Crippen molar-refractivity contribution in [2.75, 3.05) is 17.4 Å². The van der Waals surface area contributed by atoms with E-state index in [2.05, 4.69) is 5.32 Å². The molecule has 0 radical (unpaired) electrons. The highest BCUT2D eigenvalue weighted by Crippen LogP contribution is 2.25. The van der Waals surface area contributed by atoms with Crippen molar-refractivity contribution in [2.45, 2.75) is 45.2 Å². The Bertz CT molecular complexity index is 1330. The minimum atomic E-state index is -4.12. The van der Waals surface area contributed by atoms with Crippen molar-refractivity contribution in [1.82, 2.24) is 10.2 Å². The Labute approximate surface area is 230 Å². The third kappa shape index (κ3) is 7.58. The van der Waals surface area contributed by atoms with E-state index < -0.39 is 28.5 Å². The lowest BCUT2D eigenvalue weighted by Crippen LogP contribution is -2.51. The molecular formula is C29H34ClN3O4S. The third-order valence-corrected chi connectivity index (χ3v) is 8.09. The maximum atomic E-state index is 13.8. The number of para-hydroxylation sites is 1. The van der Waals surface area contributed by atoms with Gasteiger partial charge in [0.25, 0.3) is 10.0 Å². The smallest absolute Gasteiger partial charge is 0.264 e. The number of anilines is 1. The summed E-state index contributed by atoms with van der Waals surface area (Å²) >= 11 is 5.97. The highest BCUT2D eigenvalue weighted by molar-refractivity contribution is 7.92. The van der Waals surface area contributed by atoms with Crippen molar-refractivity contribution >= 4 is 39.1 Å². The van der Waals surface area contributed by atoms with Gasteiger partial charge in [0.2, 0.25) is 11.8 Å². The molecule has 1 atom stereocenters. The van der Waals surface area contributed by atoms with E-state index in [0.29, 0.717) is 17.3 Å². The maximum absolute atomic E-state index is 13.8. The Hall–Kier alpha value is -3.36. The Balaban J connectivity index is 1.97. The number of hydrogen-bond donors (Lipinski definition) is 1. The zero-order chi connectivity index (χ0) is 27.9. The van der Waals surface area contributed by atoms with Crippen LogP contribution in [0.1, 0.15) is 31.9 Å². The van der Waals surface area contributed by atoms with E-state index in [4.69, 9.17) is 11.6 Å². The molecule has 0 aliphatic rings. The lowest BCUT2D eigenvalue weighted by Gasteiger charge is -2.32. The quantitative estimate of drug-likeness (QED) is 0.359. The molecule has 1 unspecified atom stereocenters. The van der Waals surface area contributed by atoms with Crippen LogP contribution in [0.15, 0.2) is 83.8 Å². The van der Waals surface area contributed by atoms with Gasteiger partial charge in [0.05, 0.1) is 10.6 Å². The highest BCUT2D eigenvalue weighted by Gasteiger charge is 2.32. The van der Waals surface area contributed by atoms with Gasteiger partial charge in [-0.15, -0.1) is 0 Å². The summed E-state index contributed by atoms with van der Waals surface area (Å²) in [7, 11) is -4.12. The molecule has 0 saturated heterocycles. The second-order valence-corrected chi connectivity index (χ2v) is 11.9. The zero-order valence-electron chi connectivity index (χ0n) is 22.1. The molecule has 0 aliphatic heterocycles. The summed E-state index contributed by atoms with van der Waals surface area (Å²) in [4.78, 5) is 28.3. The topological polar surface area (TPSA) is 86.8 Å². The minimum Gasteiger partial charge on any atom is -0.354 e. The van der Waals surface area contributed by atoms with Crippen LogP contribution in [-0.2, 0) is 26.2 Å². The Morgan fingerprint density at radius 1 is 0.895 bits per heavy atom. The van der Waals surface area contributed by atoms with Gasteiger partial charge in [0.15, 0.2) is 0 Å². The van der Waals surface area contributed by atoms with Crippen LogP contribution in [-0.4, -0.2) is 44.3 Å². The number of rotatable bonds is 11. The number of nitrogens with zero attached hydrogens (tertiary/aromatic N) is 2. The van der Waals surface area contributed by atoms with E-state index in [-0.39, 0.29) is 23.3 Å². The zero-order valence-corrected chi connectivity index (χ0v) is 23.7. The summed E-state index contributed by atoms with van der Waals surface area (Å²) in [6.45, 7) is 7.73. The molecule has 202 valence electrons. The van der Waals surface area contributed by atoms with Crippen LogP contribution >= 0.6 is 11.6 Å². The number of hydrogen-bond acceptors (Lipinski definition) is 4. The molecule has 3 aromatic carbocycles. The first-order valence-electron chi connectivity index (χ1n) is 12.4. The van der Waals surface area contributed by atoms with Crippen LogP contribution in [0.25, 0.3) is 0 Å². The van der Waals surface area contributed by atoms with Crippen LogP contribution < -0.4 is 9.62 Å². The van der Waals surface area contributed by atoms with Crippen molar-refractivity contribution in [1.29, 1.82) is 0 Å². The fourth-order valence-electron chi connectivity index (χ4n) is 3.78. The van der Waals surface area contributed by atoms with E-state index in [1.165, 1.54) is 29.2 Å². The standard InChI is InChI=1S/C29H34ClN3O4S/c1-21(2)18-31-29(35)23(4)32(19-24-12-10-22(3)11-13-24)28(34)20-33(26-8-6-5-7-9-26)38(36,37)27-16-14-25(30)15-17-27/h5-17,21,23H,18-20H2,1-4H3,(H,31,35). The van der Waals surface area contributed by atoms with Gasteiger partial charge in [0, 0.05) is 18.1 Å². The molecule has 0 fully saturated rings. The minimum absolute atomic E-state index is 0.00589. The largest absolute Gasteiger partial charge is 0.354 e. The predicted molar refractivity (Wildman–Crippen MR) is 151 cm³/mol. The van der Waals surface area contributed by atoms with Crippen LogP contribution in [0, 0.1) is 12.8 Å². The van der Waals surface area contributed by atoms with Crippen molar-refractivity contribution in [3.8, 4) is 0 Å². The van der Waals surface area contributed by atoms with E-state index in [9.17, 15) is 18.0 Å². The molecule has 3 aromatic rings. The molecule has 3 rings (SSSR count). The summed E-state index contributed by atoms with van der Waals surface area (Å²) in [6, 6.07) is 21.1. The van der Waals surface area contributed by atoms with Crippen LogP contribution in [0.2, 0.25) is 5.02 Å². The molecule has 0 aliphatic carbocycles. The van der Waals surface area contributed by atoms with Gasteiger partial charge in [-0.1, -0.05) is 73.5 Å². The van der Waals surface area contributed by atoms with Crippen LogP contribution in [0.4, 0.5) is 5.69 Å². The summed E-state index contributed by atoms with van der Waals surface area (Å²) in [6.07, 6.45) is 0. The number of halogens is 1. The average molecular weight is 556 g/mol. The summed E-state index contributed by atoms with van der Waals surface area (Å²) in [5.41, 5.74) is 2.24.